The van der Waals surface area contributed by atoms with Gasteiger partial charge in [0.15, 0.2) is 5.82 Å². The maximum atomic E-state index is 11.2. The summed E-state index contributed by atoms with van der Waals surface area (Å²) in [5, 5.41) is 0. The third-order valence-corrected chi connectivity index (χ3v) is 3.06. The van der Waals surface area contributed by atoms with Crippen LogP contribution in [0.3, 0.4) is 0 Å². The summed E-state index contributed by atoms with van der Waals surface area (Å²) in [6, 6.07) is 3.20. The van der Waals surface area contributed by atoms with Crippen molar-refractivity contribution in [3.63, 3.8) is 0 Å². The molecule has 98 valence electrons. The number of hydrogen-bond donors (Lipinski definition) is 2. The fourth-order valence-electron chi connectivity index (χ4n) is 2.06. The Balaban J connectivity index is 2.42. The largest absolute Gasteiger partial charge is 0.396 e. The van der Waals surface area contributed by atoms with E-state index in [9.17, 15) is 4.79 Å². The number of morpholine rings is 1. The van der Waals surface area contributed by atoms with Gasteiger partial charge in [0.2, 0.25) is 0 Å². The SMILES string of the molecule is CC1(C)COCCN1c1nc(C(N)=O)ccc1N. The van der Waals surface area contributed by atoms with Crippen LogP contribution in [0.2, 0.25) is 0 Å². The zero-order valence-corrected chi connectivity index (χ0v) is 10.6. The van der Waals surface area contributed by atoms with Crippen LogP contribution >= 0.6 is 0 Å². The number of nitrogen functional groups attached to an aromatic ring is 1. The minimum atomic E-state index is -0.553. The van der Waals surface area contributed by atoms with Crippen LogP contribution < -0.4 is 16.4 Å². The average Bonchev–Trinajstić information content (AvgIpc) is 2.29. The van der Waals surface area contributed by atoms with E-state index in [0.717, 1.165) is 0 Å². The van der Waals surface area contributed by atoms with Crippen LogP contribution in [0.15, 0.2) is 12.1 Å². The number of pyridine rings is 1. The standard InChI is InChI=1S/C12H18N4O2/c1-12(2)7-18-6-5-16(12)11-8(13)3-4-9(15-11)10(14)17/h3-4H,5-7,13H2,1-2H3,(H2,14,17). The molecule has 0 bridgehead atoms. The van der Waals surface area contributed by atoms with Crippen molar-refractivity contribution in [2.45, 2.75) is 19.4 Å². The van der Waals surface area contributed by atoms with Crippen molar-refractivity contribution in [2.75, 3.05) is 30.4 Å². The molecule has 6 heteroatoms. The van der Waals surface area contributed by atoms with Gasteiger partial charge in [-0.05, 0) is 26.0 Å². The van der Waals surface area contributed by atoms with Crippen LogP contribution in [0.5, 0.6) is 0 Å². The van der Waals surface area contributed by atoms with Crippen LogP contribution in [0.4, 0.5) is 11.5 Å². The van der Waals surface area contributed by atoms with Gasteiger partial charge in [-0.25, -0.2) is 4.98 Å². The minimum absolute atomic E-state index is 0.213. The second-order valence-corrected chi connectivity index (χ2v) is 4.99. The summed E-state index contributed by atoms with van der Waals surface area (Å²) in [5.74, 6) is 0.0434. The monoisotopic (exact) mass is 250 g/mol. The lowest BCUT2D eigenvalue weighted by Gasteiger charge is -2.43. The summed E-state index contributed by atoms with van der Waals surface area (Å²) < 4.78 is 5.45. The van der Waals surface area contributed by atoms with E-state index >= 15 is 0 Å². The molecule has 1 fully saturated rings. The van der Waals surface area contributed by atoms with E-state index in [-0.39, 0.29) is 11.2 Å². The van der Waals surface area contributed by atoms with Crippen LogP contribution in [0, 0.1) is 0 Å². The van der Waals surface area contributed by atoms with E-state index in [1.54, 1.807) is 6.07 Å². The van der Waals surface area contributed by atoms with Gasteiger partial charge in [0.1, 0.15) is 5.69 Å². The normalized spacial score (nSPS) is 18.7. The Hall–Kier alpha value is -1.82. The molecular formula is C12H18N4O2. The molecule has 0 atom stereocenters. The van der Waals surface area contributed by atoms with E-state index in [0.29, 0.717) is 31.3 Å². The third kappa shape index (κ3) is 2.24. The highest BCUT2D eigenvalue weighted by Crippen LogP contribution is 2.29. The molecule has 2 rings (SSSR count). The van der Waals surface area contributed by atoms with Crippen LogP contribution in [0.1, 0.15) is 24.3 Å². The molecule has 0 saturated carbocycles. The van der Waals surface area contributed by atoms with E-state index in [1.165, 1.54) is 6.07 Å². The van der Waals surface area contributed by atoms with Gasteiger partial charge in [-0.1, -0.05) is 0 Å². The predicted molar refractivity (Wildman–Crippen MR) is 69.4 cm³/mol. The maximum absolute atomic E-state index is 11.2. The number of carbonyl (C=O) groups is 1. The zero-order valence-electron chi connectivity index (χ0n) is 10.6. The number of amides is 1. The Bertz CT molecular complexity index is 473. The van der Waals surface area contributed by atoms with Gasteiger partial charge in [0, 0.05) is 6.54 Å². The van der Waals surface area contributed by atoms with Gasteiger partial charge >= 0.3 is 0 Å². The van der Waals surface area contributed by atoms with Gasteiger partial charge in [-0.2, -0.15) is 0 Å². The van der Waals surface area contributed by atoms with Gasteiger partial charge in [0.25, 0.3) is 5.91 Å². The van der Waals surface area contributed by atoms with Gasteiger partial charge in [-0.15, -0.1) is 0 Å². The number of hydrogen-bond acceptors (Lipinski definition) is 5. The summed E-state index contributed by atoms with van der Waals surface area (Å²) in [7, 11) is 0. The fraction of sp³-hybridized carbons (Fsp3) is 0.500. The molecule has 1 saturated heterocycles. The van der Waals surface area contributed by atoms with Crippen molar-refractivity contribution < 1.29 is 9.53 Å². The van der Waals surface area contributed by atoms with Crippen molar-refractivity contribution in [1.29, 1.82) is 0 Å². The number of ether oxygens (including phenoxy) is 1. The first-order valence-corrected chi connectivity index (χ1v) is 5.83. The summed E-state index contributed by atoms with van der Waals surface area (Å²) in [4.78, 5) is 17.5. The Labute approximate surface area is 106 Å². The molecule has 0 aliphatic carbocycles. The number of aromatic nitrogens is 1. The van der Waals surface area contributed by atoms with Crippen molar-refractivity contribution in [2.24, 2.45) is 5.73 Å². The minimum Gasteiger partial charge on any atom is -0.396 e. The highest BCUT2D eigenvalue weighted by molar-refractivity contribution is 5.92. The molecule has 1 aliphatic rings. The fourth-order valence-corrected chi connectivity index (χ4v) is 2.06. The molecule has 18 heavy (non-hydrogen) atoms. The second-order valence-electron chi connectivity index (χ2n) is 4.99. The van der Waals surface area contributed by atoms with Gasteiger partial charge in [0.05, 0.1) is 24.4 Å². The van der Waals surface area contributed by atoms with Crippen LogP contribution in [0.25, 0.3) is 0 Å². The Kier molecular flexibility index (Phi) is 3.13. The summed E-state index contributed by atoms with van der Waals surface area (Å²) >= 11 is 0. The first-order chi connectivity index (χ1) is 8.42. The molecule has 0 spiro atoms. The molecule has 1 amide bonds. The van der Waals surface area contributed by atoms with Crippen molar-refractivity contribution in [3.8, 4) is 0 Å². The van der Waals surface area contributed by atoms with E-state index in [2.05, 4.69) is 9.88 Å². The topological polar surface area (TPSA) is 94.5 Å². The molecule has 0 unspecified atom stereocenters. The molecule has 0 aromatic carbocycles. The molecule has 1 aliphatic heterocycles. The van der Waals surface area contributed by atoms with Gasteiger partial charge in [-0.3, -0.25) is 4.79 Å². The molecule has 0 radical (unpaired) electrons. The van der Waals surface area contributed by atoms with E-state index in [1.807, 2.05) is 13.8 Å². The maximum Gasteiger partial charge on any atom is 0.267 e. The lowest BCUT2D eigenvalue weighted by Crippen LogP contribution is -2.53. The number of nitrogens with zero attached hydrogens (tertiary/aromatic N) is 2. The lowest BCUT2D eigenvalue weighted by molar-refractivity contribution is 0.0640. The smallest absolute Gasteiger partial charge is 0.267 e. The van der Waals surface area contributed by atoms with E-state index < -0.39 is 5.91 Å². The van der Waals surface area contributed by atoms with E-state index in [4.69, 9.17) is 16.2 Å². The summed E-state index contributed by atoms with van der Waals surface area (Å²) in [6.07, 6.45) is 0. The molecule has 1 aromatic heterocycles. The summed E-state index contributed by atoms with van der Waals surface area (Å²) in [6.45, 7) is 5.99. The first-order valence-electron chi connectivity index (χ1n) is 5.83. The number of rotatable bonds is 2. The predicted octanol–water partition coefficient (Wildman–Crippen LogP) is 0.378. The number of nitrogens with two attached hydrogens (primary N) is 2. The Morgan fingerprint density at radius 3 is 2.83 bits per heavy atom. The molecule has 6 nitrogen and oxygen atoms in total. The highest BCUT2D eigenvalue weighted by Gasteiger charge is 2.32. The molecular weight excluding hydrogens is 232 g/mol. The molecule has 1 aromatic rings. The second kappa shape index (κ2) is 4.45. The van der Waals surface area contributed by atoms with Crippen molar-refractivity contribution in [3.05, 3.63) is 17.8 Å². The molecule has 4 N–H and O–H groups in total. The van der Waals surface area contributed by atoms with Crippen LogP contribution in [-0.4, -0.2) is 36.2 Å². The number of anilines is 2. The third-order valence-electron chi connectivity index (χ3n) is 3.06. The van der Waals surface area contributed by atoms with Crippen molar-refractivity contribution >= 4 is 17.4 Å². The lowest BCUT2D eigenvalue weighted by atomic mass is 10.0. The Morgan fingerprint density at radius 2 is 2.22 bits per heavy atom. The van der Waals surface area contributed by atoms with Crippen molar-refractivity contribution in [1.82, 2.24) is 4.98 Å². The number of primary amides is 1. The van der Waals surface area contributed by atoms with Crippen LogP contribution in [-0.2, 0) is 4.74 Å². The quantitative estimate of drug-likeness (QED) is 0.791. The first kappa shape index (κ1) is 12.6. The zero-order chi connectivity index (χ0) is 13.3. The highest BCUT2D eigenvalue weighted by atomic mass is 16.5. The Morgan fingerprint density at radius 1 is 1.50 bits per heavy atom. The average molecular weight is 250 g/mol. The van der Waals surface area contributed by atoms with Gasteiger partial charge < -0.3 is 21.1 Å². The summed E-state index contributed by atoms with van der Waals surface area (Å²) in [5.41, 5.74) is 11.7. The molecule has 2 heterocycles. The number of carbonyl (C=O) groups excluding carboxylic acids is 1.